The highest BCUT2D eigenvalue weighted by Gasteiger charge is 2.25. The normalized spacial score (nSPS) is 21.0. The van der Waals surface area contributed by atoms with E-state index < -0.39 is 0 Å². The molecule has 0 aliphatic carbocycles. The zero-order valence-electron chi connectivity index (χ0n) is 16.1. The number of likely N-dealkylation sites (tertiary alicyclic amines) is 1. The molecule has 0 saturated carbocycles. The molecular weight excluding hydrogens is 383 g/mol. The first-order chi connectivity index (χ1) is 12.3. The molecule has 2 aliphatic rings. The molecule has 2 N–H and O–H groups in total. The molecule has 0 bridgehead atoms. The standard InChI is InChI=1S/C20H32N4O.2ClH/c25-20(22-9-5-13-23-14-10-21-11-15-23)19-8-4-12-24(17-19)16-18-6-2-1-3-7-18;;/h1-3,6-7,19,21H,4-5,8-17H2,(H,22,25);2*1H. The molecule has 2 aliphatic heterocycles. The fraction of sp³-hybridized carbons (Fsp3) is 0.650. The van der Waals surface area contributed by atoms with Crippen molar-refractivity contribution in [3.63, 3.8) is 0 Å². The average Bonchev–Trinajstić information content (AvgIpc) is 2.67. The summed E-state index contributed by atoms with van der Waals surface area (Å²) in [6, 6.07) is 10.6. The lowest BCUT2D eigenvalue weighted by Crippen LogP contribution is -2.45. The lowest BCUT2D eigenvalue weighted by molar-refractivity contribution is -0.126. The van der Waals surface area contributed by atoms with E-state index in [1.54, 1.807) is 0 Å². The highest BCUT2D eigenvalue weighted by atomic mass is 35.5. The van der Waals surface area contributed by atoms with Crippen LogP contribution in [0.15, 0.2) is 30.3 Å². The van der Waals surface area contributed by atoms with Crippen LogP contribution in [0.5, 0.6) is 0 Å². The number of carbonyl (C=O) groups excluding carboxylic acids is 1. The number of benzene rings is 1. The Morgan fingerprint density at radius 2 is 1.81 bits per heavy atom. The van der Waals surface area contributed by atoms with Crippen molar-refractivity contribution >= 4 is 30.7 Å². The monoisotopic (exact) mass is 416 g/mol. The summed E-state index contributed by atoms with van der Waals surface area (Å²) in [5.41, 5.74) is 1.33. The molecule has 7 heteroatoms. The molecule has 2 heterocycles. The average molecular weight is 417 g/mol. The van der Waals surface area contributed by atoms with E-state index in [0.29, 0.717) is 0 Å². The number of hydrogen-bond donors (Lipinski definition) is 2. The van der Waals surface area contributed by atoms with Crippen molar-refractivity contribution in [1.29, 1.82) is 0 Å². The van der Waals surface area contributed by atoms with Crippen molar-refractivity contribution in [1.82, 2.24) is 20.4 Å². The number of nitrogens with one attached hydrogen (secondary N) is 2. The third kappa shape index (κ3) is 8.36. The highest BCUT2D eigenvalue weighted by molar-refractivity contribution is 5.85. The van der Waals surface area contributed by atoms with Gasteiger partial charge >= 0.3 is 0 Å². The lowest BCUT2D eigenvalue weighted by atomic mass is 9.96. The Hall–Kier alpha value is -0.850. The molecule has 5 nitrogen and oxygen atoms in total. The van der Waals surface area contributed by atoms with Gasteiger partial charge in [-0.25, -0.2) is 0 Å². The Kier molecular flexibility index (Phi) is 12.0. The molecule has 1 atom stereocenters. The van der Waals surface area contributed by atoms with Crippen LogP contribution in [0.3, 0.4) is 0 Å². The summed E-state index contributed by atoms with van der Waals surface area (Å²) in [5.74, 6) is 0.398. The van der Waals surface area contributed by atoms with Gasteiger partial charge in [-0.2, -0.15) is 0 Å². The molecule has 0 spiro atoms. The summed E-state index contributed by atoms with van der Waals surface area (Å²) in [6.07, 6.45) is 3.19. The van der Waals surface area contributed by atoms with Crippen molar-refractivity contribution < 1.29 is 4.79 Å². The van der Waals surface area contributed by atoms with Gasteiger partial charge in [0.2, 0.25) is 5.91 Å². The molecule has 1 amide bonds. The first-order valence-electron chi connectivity index (χ1n) is 9.78. The predicted molar refractivity (Wildman–Crippen MR) is 116 cm³/mol. The minimum absolute atomic E-state index is 0. The summed E-state index contributed by atoms with van der Waals surface area (Å²) < 4.78 is 0. The second-order valence-electron chi connectivity index (χ2n) is 7.30. The van der Waals surface area contributed by atoms with E-state index in [9.17, 15) is 4.79 Å². The maximum absolute atomic E-state index is 12.5. The molecular formula is C20H34Cl2N4O. The quantitative estimate of drug-likeness (QED) is 0.668. The first kappa shape index (κ1) is 24.2. The van der Waals surface area contributed by atoms with Crippen LogP contribution in [0.1, 0.15) is 24.8 Å². The lowest BCUT2D eigenvalue weighted by Gasteiger charge is -2.32. The Morgan fingerprint density at radius 1 is 1.07 bits per heavy atom. The van der Waals surface area contributed by atoms with Crippen LogP contribution in [0.25, 0.3) is 0 Å². The number of piperazine rings is 1. The van der Waals surface area contributed by atoms with Crippen LogP contribution in [-0.2, 0) is 11.3 Å². The molecule has 3 rings (SSSR count). The van der Waals surface area contributed by atoms with Gasteiger partial charge < -0.3 is 15.5 Å². The van der Waals surface area contributed by atoms with Crippen LogP contribution in [0.2, 0.25) is 0 Å². The van der Waals surface area contributed by atoms with E-state index in [4.69, 9.17) is 0 Å². The van der Waals surface area contributed by atoms with Crippen molar-refractivity contribution in [2.24, 2.45) is 5.92 Å². The minimum Gasteiger partial charge on any atom is -0.356 e. The summed E-state index contributed by atoms with van der Waals surface area (Å²) in [5, 5.41) is 6.54. The second kappa shape index (κ2) is 13.3. The van der Waals surface area contributed by atoms with Crippen molar-refractivity contribution in [3.05, 3.63) is 35.9 Å². The maximum Gasteiger partial charge on any atom is 0.224 e. The van der Waals surface area contributed by atoms with Gasteiger partial charge in [-0.15, -0.1) is 24.8 Å². The third-order valence-electron chi connectivity index (χ3n) is 5.29. The van der Waals surface area contributed by atoms with Gasteiger partial charge in [0.25, 0.3) is 0 Å². The van der Waals surface area contributed by atoms with E-state index in [2.05, 4.69) is 50.8 Å². The summed E-state index contributed by atoms with van der Waals surface area (Å²) in [7, 11) is 0. The molecule has 1 unspecified atom stereocenters. The van der Waals surface area contributed by atoms with Gasteiger partial charge in [-0.1, -0.05) is 30.3 Å². The Labute approximate surface area is 176 Å². The van der Waals surface area contributed by atoms with Gasteiger partial charge in [0.15, 0.2) is 0 Å². The molecule has 1 aromatic rings. The fourth-order valence-electron chi connectivity index (χ4n) is 3.85. The van der Waals surface area contributed by atoms with Crippen LogP contribution in [0.4, 0.5) is 0 Å². The second-order valence-corrected chi connectivity index (χ2v) is 7.30. The van der Waals surface area contributed by atoms with Gasteiger partial charge in [-0.05, 0) is 37.9 Å². The molecule has 1 aromatic carbocycles. The molecule has 154 valence electrons. The zero-order valence-corrected chi connectivity index (χ0v) is 17.7. The van der Waals surface area contributed by atoms with Crippen LogP contribution in [0, 0.1) is 5.92 Å². The number of halogens is 2. The largest absolute Gasteiger partial charge is 0.356 e. The Morgan fingerprint density at radius 3 is 2.56 bits per heavy atom. The molecule has 0 radical (unpaired) electrons. The number of hydrogen-bond acceptors (Lipinski definition) is 4. The first-order valence-corrected chi connectivity index (χ1v) is 9.78. The predicted octanol–water partition coefficient (Wildman–Crippen LogP) is 2.15. The highest BCUT2D eigenvalue weighted by Crippen LogP contribution is 2.18. The molecule has 2 saturated heterocycles. The molecule has 0 aromatic heterocycles. The number of nitrogens with zero attached hydrogens (tertiary/aromatic N) is 2. The minimum atomic E-state index is 0. The third-order valence-corrected chi connectivity index (χ3v) is 5.29. The number of carbonyl (C=O) groups is 1. The van der Waals surface area contributed by atoms with Crippen LogP contribution < -0.4 is 10.6 Å². The van der Waals surface area contributed by atoms with E-state index in [1.165, 1.54) is 5.56 Å². The fourth-order valence-corrected chi connectivity index (χ4v) is 3.85. The van der Waals surface area contributed by atoms with Gasteiger partial charge in [0.1, 0.15) is 0 Å². The van der Waals surface area contributed by atoms with E-state index in [1.807, 2.05) is 0 Å². The molecule has 2 fully saturated rings. The van der Waals surface area contributed by atoms with Gasteiger partial charge in [0, 0.05) is 45.8 Å². The Balaban J connectivity index is 0.00000182. The van der Waals surface area contributed by atoms with Crippen molar-refractivity contribution in [2.75, 3.05) is 52.4 Å². The van der Waals surface area contributed by atoms with E-state index >= 15 is 0 Å². The molecule has 27 heavy (non-hydrogen) atoms. The van der Waals surface area contributed by atoms with Crippen LogP contribution >= 0.6 is 24.8 Å². The van der Waals surface area contributed by atoms with E-state index in [-0.39, 0.29) is 36.6 Å². The summed E-state index contributed by atoms with van der Waals surface area (Å²) in [6.45, 7) is 9.27. The Bertz CT molecular complexity index is 526. The van der Waals surface area contributed by atoms with Crippen LogP contribution in [-0.4, -0.2) is 68.1 Å². The number of rotatable bonds is 7. The van der Waals surface area contributed by atoms with Gasteiger partial charge in [0.05, 0.1) is 5.92 Å². The number of amides is 1. The maximum atomic E-state index is 12.5. The smallest absolute Gasteiger partial charge is 0.224 e. The van der Waals surface area contributed by atoms with Crippen molar-refractivity contribution in [3.8, 4) is 0 Å². The van der Waals surface area contributed by atoms with Crippen molar-refractivity contribution in [2.45, 2.75) is 25.8 Å². The van der Waals surface area contributed by atoms with Gasteiger partial charge in [-0.3, -0.25) is 9.69 Å². The SMILES string of the molecule is Cl.Cl.O=C(NCCCN1CCNCC1)C1CCCN(Cc2ccccc2)C1. The number of piperidine rings is 1. The zero-order chi connectivity index (χ0) is 17.3. The summed E-state index contributed by atoms with van der Waals surface area (Å²) >= 11 is 0. The topological polar surface area (TPSA) is 47.6 Å². The summed E-state index contributed by atoms with van der Waals surface area (Å²) in [4.78, 5) is 17.4. The van der Waals surface area contributed by atoms with E-state index in [0.717, 1.165) is 78.2 Å².